The highest BCUT2D eigenvalue weighted by Gasteiger charge is 2.19. The van der Waals surface area contributed by atoms with Crippen molar-refractivity contribution in [2.24, 2.45) is 0 Å². The molecule has 1 amide bonds. The van der Waals surface area contributed by atoms with Gasteiger partial charge in [0.05, 0.1) is 5.56 Å². The van der Waals surface area contributed by atoms with Crippen molar-refractivity contribution < 1.29 is 14.3 Å². The molecular weight excluding hydrogens is 292 g/mol. The zero-order valence-electron chi connectivity index (χ0n) is 13.4. The second kappa shape index (κ2) is 7.54. The van der Waals surface area contributed by atoms with Gasteiger partial charge in [0.2, 0.25) is 0 Å². The van der Waals surface area contributed by atoms with Gasteiger partial charge >= 0.3 is 5.97 Å². The Morgan fingerprint density at radius 3 is 2.35 bits per heavy atom. The van der Waals surface area contributed by atoms with E-state index in [0.29, 0.717) is 17.2 Å². The molecule has 0 spiro atoms. The van der Waals surface area contributed by atoms with Gasteiger partial charge in [0.15, 0.2) is 6.10 Å². The Bertz CT molecular complexity index is 666. The Morgan fingerprint density at radius 2 is 1.78 bits per heavy atom. The number of aromatic nitrogens is 1. The first-order chi connectivity index (χ1) is 11.0. The molecule has 0 aliphatic rings. The molecule has 0 saturated heterocycles. The van der Waals surface area contributed by atoms with Crippen molar-refractivity contribution in [1.82, 2.24) is 4.98 Å². The molecule has 1 aromatic carbocycles. The summed E-state index contributed by atoms with van der Waals surface area (Å²) in [5, 5.41) is 2.73. The van der Waals surface area contributed by atoms with E-state index in [9.17, 15) is 9.59 Å². The van der Waals surface area contributed by atoms with Gasteiger partial charge in [-0.1, -0.05) is 26.0 Å². The third-order valence-corrected chi connectivity index (χ3v) is 3.40. The van der Waals surface area contributed by atoms with Crippen LogP contribution in [0, 0.1) is 0 Å². The largest absolute Gasteiger partial charge is 0.449 e. The minimum Gasteiger partial charge on any atom is -0.449 e. The molecule has 0 radical (unpaired) electrons. The second-order valence-electron chi connectivity index (χ2n) is 5.56. The molecular formula is C18H20N2O3. The number of rotatable bonds is 5. The maximum absolute atomic E-state index is 12.1. The van der Waals surface area contributed by atoms with Crippen molar-refractivity contribution in [2.75, 3.05) is 5.32 Å². The fourth-order valence-corrected chi connectivity index (χ4v) is 1.96. The Labute approximate surface area is 135 Å². The SMILES string of the molecule is CC(C)c1ccc(NC(=O)[C@@H](C)OC(=O)c2cccnc2)cc1. The maximum atomic E-state index is 12.1. The zero-order valence-corrected chi connectivity index (χ0v) is 13.4. The van der Waals surface area contributed by atoms with Crippen LogP contribution < -0.4 is 5.32 Å². The second-order valence-corrected chi connectivity index (χ2v) is 5.56. The fourth-order valence-electron chi connectivity index (χ4n) is 1.96. The summed E-state index contributed by atoms with van der Waals surface area (Å²) in [7, 11) is 0. The summed E-state index contributed by atoms with van der Waals surface area (Å²) in [5.41, 5.74) is 2.18. The number of nitrogens with one attached hydrogen (secondary N) is 1. The van der Waals surface area contributed by atoms with E-state index in [0.717, 1.165) is 0 Å². The lowest BCUT2D eigenvalue weighted by atomic mass is 10.0. The van der Waals surface area contributed by atoms with Gasteiger partial charge < -0.3 is 10.1 Å². The fraction of sp³-hybridized carbons (Fsp3) is 0.278. The third kappa shape index (κ3) is 4.64. The van der Waals surface area contributed by atoms with Gasteiger partial charge in [0.25, 0.3) is 5.91 Å². The lowest BCUT2D eigenvalue weighted by molar-refractivity contribution is -0.123. The molecule has 0 unspecified atom stereocenters. The standard InChI is InChI=1S/C18H20N2O3/c1-12(2)14-6-8-16(9-7-14)20-17(21)13(3)23-18(22)15-5-4-10-19-11-15/h4-13H,1-3H3,(H,20,21)/t13-/m1/s1. The monoisotopic (exact) mass is 312 g/mol. The van der Waals surface area contributed by atoms with E-state index in [2.05, 4.69) is 24.1 Å². The summed E-state index contributed by atoms with van der Waals surface area (Å²) >= 11 is 0. The van der Waals surface area contributed by atoms with Gasteiger partial charge in [0.1, 0.15) is 0 Å². The highest BCUT2D eigenvalue weighted by Crippen LogP contribution is 2.17. The first-order valence-electron chi connectivity index (χ1n) is 7.49. The Kier molecular flexibility index (Phi) is 5.46. The summed E-state index contributed by atoms with van der Waals surface area (Å²) in [6.45, 7) is 5.74. The van der Waals surface area contributed by atoms with Crippen molar-refractivity contribution in [1.29, 1.82) is 0 Å². The summed E-state index contributed by atoms with van der Waals surface area (Å²) in [4.78, 5) is 27.8. The topological polar surface area (TPSA) is 68.3 Å². The molecule has 2 aromatic rings. The number of hydrogen-bond donors (Lipinski definition) is 1. The van der Waals surface area contributed by atoms with Crippen LogP contribution in [0.5, 0.6) is 0 Å². The van der Waals surface area contributed by atoms with E-state index in [1.807, 2.05) is 24.3 Å². The molecule has 1 heterocycles. The van der Waals surface area contributed by atoms with Crippen LogP contribution >= 0.6 is 0 Å². The maximum Gasteiger partial charge on any atom is 0.340 e. The van der Waals surface area contributed by atoms with E-state index in [4.69, 9.17) is 4.74 Å². The zero-order chi connectivity index (χ0) is 16.8. The quantitative estimate of drug-likeness (QED) is 0.859. The van der Waals surface area contributed by atoms with E-state index >= 15 is 0 Å². The molecule has 23 heavy (non-hydrogen) atoms. The summed E-state index contributed by atoms with van der Waals surface area (Å²) in [5.74, 6) is -0.519. The number of benzene rings is 1. The van der Waals surface area contributed by atoms with Crippen LogP contribution in [-0.4, -0.2) is 23.0 Å². The molecule has 120 valence electrons. The molecule has 5 nitrogen and oxygen atoms in total. The van der Waals surface area contributed by atoms with Crippen molar-refractivity contribution in [3.63, 3.8) is 0 Å². The van der Waals surface area contributed by atoms with Crippen LogP contribution in [-0.2, 0) is 9.53 Å². The molecule has 1 aromatic heterocycles. The Hall–Kier alpha value is -2.69. The van der Waals surface area contributed by atoms with Crippen LogP contribution in [0.15, 0.2) is 48.8 Å². The van der Waals surface area contributed by atoms with Crippen molar-refractivity contribution in [3.05, 3.63) is 59.9 Å². The van der Waals surface area contributed by atoms with Gasteiger partial charge in [-0.25, -0.2) is 4.79 Å². The van der Waals surface area contributed by atoms with E-state index in [1.165, 1.54) is 18.7 Å². The molecule has 0 bridgehead atoms. The first kappa shape index (κ1) is 16.7. The third-order valence-electron chi connectivity index (χ3n) is 3.40. The molecule has 0 aliphatic carbocycles. The molecule has 0 aliphatic heterocycles. The number of amides is 1. The number of hydrogen-bond acceptors (Lipinski definition) is 4. The van der Waals surface area contributed by atoms with Gasteiger partial charge in [-0.3, -0.25) is 9.78 Å². The lowest BCUT2D eigenvalue weighted by Gasteiger charge is -2.14. The molecule has 0 fully saturated rings. The number of anilines is 1. The molecule has 0 saturated carbocycles. The minimum absolute atomic E-state index is 0.313. The average Bonchev–Trinajstić information content (AvgIpc) is 2.56. The summed E-state index contributed by atoms with van der Waals surface area (Å²) in [6.07, 6.45) is 2.07. The molecule has 2 rings (SSSR count). The van der Waals surface area contributed by atoms with Crippen molar-refractivity contribution in [2.45, 2.75) is 32.8 Å². The Morgan fingerprint density at radius 1 is 1.09 bits per heavy atom. The average molecular weight is 312 g/mol. The number of ether oxygens (including phenoxy) is 1. The number of nitrogens with zero attached hydrogens (tertiary/aromatic N) is 1. The normalized spacial score (nSPS) is 11.8. The Balaban J connectivity index is 1.93. The van der Waals surface area contributed by atoms with Crippen LogP contribution in [0.1, 0.15) is 42.6 Å². The molecule has 1 N–H and O–H groups in total. The van der Waals surface area contributed by atoms with E-state index in [1.54, 1.807) is 18.3 Å². The highest BCUT2D eigenvalue weighted by molar-refractivity contribution is 5.97. The van der Waals surface area contributed by atoms with Crippen LogP contribution in [0.3, 0.4) is 0 Å². The van der Waals surface area contributed by atoms with Crippen molar-refractivity contribution >= 4 is 17.6 Å². The van der Waals surface area contributed by atoms with Crippen LogP contribution in [0.25, 0.3) is 0 Å². The predicted molar refractivity (Wildman–Crippen MR) is 88.3 cm³/mol. The molecule has 1 atom stereocenters. The van der Waals surface area contributed by atoms with Crippen LogP contribution in [0.2, 0.25) is 0 Å². The number of pyridine rings is 1. The van der Waals surface area contributed by atoms with Crippen LogP contribution in [0.4, 0.5) is 5.69 Å². The highest BCUT2D eigenvalue weighted by atomic mass is 16.5. The van der Waals surface area contributed by atoms with Gasteiger partial charge in [-0.05, 0) is 42.7 Å². The minimum atomic E-state index is -0.896. The van der Waals surface area contributed by atoms with E-state index in [-0.39, 0.29) is 5.91 Å². The van der Waals surface area contributed by atoms with E-state index < -0.39 is 12.1 Å². The smallest absolute Gasteiger partial charge is 0.340 e. The number of carbonyl (C=O) groups is 2. The number of esters is 1. The van der Waals surface area contributed by atoms with Gasteiger partial charge in [0, 0.05) is 18.1 Å². The lowest BCUT2D eigenvalue weighted by Crippen LogP contribution is -2.30. The number of carbonyl (C=O) groups excluding carboxylic acids is 2. The van der Waals surface area contributed by atoms with Gasteiger partial charge in [-0.2, -0.15) is 0 Å². The summed E-state index contributed by atoms with van der Waals surface area (Å²) in [6, 6.07) is 10.8. The first-order valence-corrected chi connectivity index (χ1v) is 7.49. The van der Waals surface area contributed by atoms with Crippen molar-refractivity contribution in [3.8, 4) is 0 Å². The van der Waals surface area contributed by atoms with Gasteiger partial charge in [-0.15, -0.1) is 0 Å². The molecule has 5 heteroatoms. The predicted octanol–water partition coefficient (Wildman–Crippen LogP) is 3.39. The summed E-state index contributed by atoms with van der Waals surface area (Å²) < 4.78 is 5.14.